The number of rotatable bonds is 5. The molecule has 0 unspecified atom stereocenters. The Morgan fingerprint density at radius 1 is 1.07 bits per heavy atom. The standard InChI is InChI=1S/C20H14ClN3O5/c21-11-3-1-4-12(9-11)22-18-13-5-2-6-14-17(13)15(10-16(18)24(28)29)20(27)23(7-8-25)19(14)26/h1-6,9-10,22,25H,7-8H2. The number of halogens is 1. The summed E-state index contributed by atoms with van der Waals surface area (Å²) in [6.45, 7) is -0.594. The molecule has 0 saturated carbocycles. The molecule has 0 spiro atoms. The van der Waals surface area contributed by atoms with Gasteiger partial charge in [-0.25, -0.2) is 0 Å². The lowest BCUT2D eigenvalue weighted by Crippen LogP contribution is -2.42. The third-order valence-electron chi connectivity index (χ3n) is 4.71. The Bertz CT molecular complexity index is 1190. The number of nitro benzene ring substituents is 1. The first-order chi connectivity index (χ1) is 13.9. The normalized spacial score (nSPS) is 13.1. The second-order valence-electron chi connectivity index (χ2n) is 6.42. The topological polar surface area (TPSA) is 113 Å². The van der Waals surface area contributed by atoms with Crippen LogP contribution >= 0.6 is 11.6 Å². The number of carbonyl (C=O) groups is 2. The number of benzene rings is 3. The highest BCUT2D eigenvalue weighted by Crippen LogP contribution is 2.41. The summed E-state index contributed by atoms with van der Waals surface area (Å²) >= 11 is 6.01. The Hall–Kier alpha value is -3.49. The molecule has 0 atom stereocenters. The zero-order chi connectivity index (χ0) is 20.7. The van der Waals surface area contributed by atoms with Crippen molar-refractivity contribution in [2.75, 3.05) is 18.5 Å². The molecule has 1 aliphatic heterocycles. The van der Waals surface area contributed by atoms with Crippen LogP contribution in [0.3, 0.4) is 0 Å². The molecule has 0 radical (unpaired) electrons. The molecular weight excluding hydrogens is 398 g/mol. The summed E-state index contributed by atoms with van der Waals surface area (Å²) in [7, 11) is 0. The predicted molar refractivity (Wildman–Crippen MR) is 108 cm³/mol. The smallest absolute Gasteiger partial charge is 0.294 e. The van der Waals surface area contributed by atoms with Gasteiger partial charge in [0, 0.05) is 33.1 Å². The number of hydrogen-bond acceptors (Lipinski definition) is 6. The van der Waals surface area contributed by atoms with Crippen LogP contribution in [0.1, 0.15) is 20.7 Å². The lowest BCUT2D eigenvalue weighted by molar-refractivity contribution is -0.383. The molecule has 0 fully saturated rings. The fraction of sp³-hybridized carbons (Fsp3) is 0.100. The fourth-order valence-corrected chi connectivity index (χ4v) is 3.68. The predicted octanol–water partition coefficient (Wildman–Crippen LogP) is 3.73. The minimum Gasteiger partial charge on any atom is -0.395 e. The van der Waals surface area contributed by atoms with Gasteiger partial charge in [-0.1, -0.05) is 29.8 Å². The van der Waals surface area contributed by atoms with Crippen LogP contribution in [0.2, 0.25) is 5.02 Å². The van der Waals surface area contributed by atoms with Gasteiger partial charge in [0.25, 0.3) is 17.5 Å². The van der Waals surface area contributed by atoms with Gasteiger partial charge in [0.2, 0.25) is 0 Å². The first kappa shape index (κ1) is 18.9. The van der Waals surface area contributed by atoms with Crippen molar-refractivity contribution in [3.8, 4) is 0 Å². The van der Waals surface area contributed by atoms with Crippen molar-refractivity contribution in [1.29, 1.82) is 0 Å². The maximum atomic E-state index is 12.8. The Labute approximate surface area is 169 Å². The van der Waals surface area contributed by atoms with Crippen molar-refractivity contribution in [1.82, 2.24) is 4.90 Å². The van der Waals surface area contributed by atoms with E-state index >= 15 is 0 Å². The molecule has 0 bridgehead atoms. The van der Waals surface area contributed by atoms with Crippen LogP contribution in [0, 0.1) is 10.1 Å². The molecule has 1 aliphatic rings. The molecule has 0 aliphatic carbocycles. The van der Waals surface area contributed by atoms with Crippen LogP contribution < -0.4 is 5.32 Å². The van der Waals surface area contributed by atoms with Crippen LogP contribution in [0.15, 0.2) is 48.5 Å². The highest BCUT2D eigenvalue weighted by molar-refractivity contribution is 6.31. The molecule has 9 heteroatoms. The zero-order valence-electron chi connectivity index (χ0n) is 14.9. The molecule has 4 rings (SSSR count). The number of amides is 2. The average molecular weight is 412 g/mol. The van der Waals surface area contributed by atoms with E-state index in [1.807, 2.05) is 0 Å². The molecule has 0 saturated heterocycles. The molecule has 0 aromatic heterocycles. The van der Waals surface area contributed by atoms with E-state index in [4.69, 9.17) is 11.6 Å². The molecule has 8 nitrogen and oxygen atoms in total. The number of imide groups is 1. The number of anilines is 2. The van der Waals surface area contributed by atoms with Crippen LogP contribution in [0.25, 0.3) is 10.8 Å². The minimum atomic E-state index is -0.676. The van der Waals surface area contributed by atoms with E-state index in [2.05, 4.69) is 5.32 Å². The number of hydrogen-bond donors (Lipinski definition) is 2. The van der Waals surface area contributed by atoms with Crippen molar-refractivity contribution in [3.63, 3.8) is 0 Å². The first-order valence-electron chi connectivity index (χ1n) is 8.66. The van der Waals surface area contributed by atoms with Crippen LogP contribution in [-0.4, -0.2) is 39.9 Å². The lowest BCUT2D eigenvalue weighted by atomic mass is 9.92. The summed E-state index contributed by atoms with van der Waals surface area (Å²) in [5.74, 6) is -1.23. The molecule has 1 heterocycles. The second-order valence-corrected chi connectivity index (χ2v) is 6.86. The molecular formula is C20H14ClN3O5. The lowest BCUT2D eigenvalue weighted by Gasteiger charge is -2.27. The Morgan fingerprint density at radius 2 is 1.79 bits per heavy atom. The third-order valence-corrected chi connectivity index (χ3v) is 4.94. The van der Waals surface area contributed by atoms with E-state index in [-0.39, 0.29) is 29.0 Å². The maximum Gasteiger partial charge on any atom is 0.294 e. The van der Waals surface area contributed by atoms with Gasteiger partial charge in [-0.05, 0) is 24.3 Å². The minimum absolute atomic E-state index is 0.0481. The van der Waals surface area contributed by atoms with Gasteiger partial charge in [-0.2, -0.15) is 0 Å². The summed E-state index contributed by atoms with van der Waals surface area (Å²) in [6, 6.07) is 12.6. The SMILES string of the molecule is O=C1c2cccc3c(Nc4cccc(Cl)c4)c([N+](=O)[O-])cc(c23)C(=O)N1CCO. The van der Waals surface area contributed by atoms with Crippen LogP contribution in [0.4, 0.5) is 17.1 Å². The summed E-state index contributed by atoms with van der Waals surface area (Å²) in [5.41, 5.74) is 0.670. The number of β-amino-alcohol motifs (C(OH)–C–C–N with tert-alkyl or cyclic N) is 1. The van der Waals surface area contributed by atoms with E-state index < -0.39 is 23.3 Å². The Kier molecular flexibility index (Phi) is 4.65. The number of nitrogens with one attached hydrogen (secondary N) is 1. The highest BCUT2D eigenvalue weighted by Gasteiger charge is 2.35. The zero-order valence-corrected chi connectivity index (χ0v) is 15.6. The van der Waals surface area contributed by atoms with Crippen molar-refractivity contribution in [2.45, 2.75) is 0 Å². The maximum absolute atomic E-state index is 12.8. The fourth-order valence-electron chi connectivity index (χ4n) is 3.49. The van der Waals surface area contributed by atoms with Gasteiger partial charge in [0.05, 0.1) is 23.6 Å². The third kappa shape index (κ3) is 3.08. The first-order valence-corrected chi connectivity index (χ1v) is 9.04. The summed E-state index contributed by atoms with van der Waals surface area (Å²) in [6.07, 6.45) is 0. The molecule has 2 N–H and O–H groups in total. The number of nitrogens with zero attached hydrogens (tertiary/aromatic N) is 2. The Balaban J connectivity index is 2.00. The number of aliphatic hydroxyl groups excluding tert-OH is 1. The van der Waals surface area contributed by atoms with E-state index in [9.17, 15) is 24.8 Å². The van der Waals surface area contributed by atoms with E-state index in [1.165, 1.54) is 0 Å². The second kappa shape index (κ2) is 7.16. The Morgan fingerprint density at radius 3 is 2.48 bits per heavy atom. The molecule has 3 aromatic rings. The van der Waals surface area contributed by atoms with Crippen molar-refractivity contribution in [2.24, 2.45) is 0 Å². The van der Waals surface area contributed by atoms with E-state index in [0.717, 1.165) is 11.0 Å². The molecule has 146 valence electrons. The number of carbonyl (C=O) groups excluding carboxylic acids is 2. The highest BCUT2D eigenvalue weighted by atomic mass is 35.5. The largest absolute Gasteiger partial charge is 0.395 e. The van der Waals surface area contributed by atoms with E-state index in [1.54, 1.807) is 42.5 Å². The quantitative estimate of drug-likeness (QED) is 0.375. The van der Waals surface area contributed by atoms with Crippen LogP contribution in [-0.2, 0) is 0 Å². The van der Waals surface area contributed by atoms with Crippen molar-refractivity contribution in [3.05, 3.63) is 74.8 Å². The van der Waals surface area contributed by atoms with E-state index in [0.29, 0.717) is 21.5 Å². The number of aliphatic hydroxyl groups is 1. The average Bonchev–Trinajstić information content (AvgIpc) is 2.69. The van der Waals surface area contributed by atoms with Crippen molar-refractivity contribution < 1.29 is 19.6 Å². The van der Waals surface area contributed by atoms with Crippen molar-refractivity contribution >= 4 is 51.2 Å². The summed E-state index contributed by atoms with van der Waals surface area (Å²) < 4.78 is 0. The molecule has 29 heavy (non-hydrogen) atoms. The summed E-state index contributed by atoms with van der Waals surface area (Å²) in [5, 5.41) is 25.1. The van der Waals surface area contributed by atoms with Gasteiger partial charge in [-0.15, -0.1) is 0 Å². The monoisotopic (exact) mass is 411 g/mol. The molecule has 3 aromatic carbocycles. The van der Waals surface area contributed by atoms with Gasteiger partial charge >= 0.3 is 0 Å². The van der Waals surface area contributed by atoms with Gasteiger partial charge in [0.1, 0.15) is 5.69 Å². The summed E-state index contributed by atoms with van der Waals surface area (Å²) in [4.78, 5) is 37.7. The van der Waals surface area contributed by atoms with Gasteiger partial charge in [-0.3, -0.25) is 24.6 Å². The van der Waals surface area contributed by atoms with Gasteiger partial charge in [0.15, 0.2) is 0 Å². The van der Waals surface area contributed by atoms with Crippen LogP contribution in [0.5, 0.6) is 0 Å². The van der Waals surface area contributed by atoms with Gasteiger partial charge < -0.3 is 10.4 Å². The number of nitro groups is 1. The molecule has 2 amide bonds.